The average molecular weight is 577 g/mol. The number of aliphatic carboxylic acids is 1. The lowest BCUT2D eigenvalue weighted by Crippen LogP contribution is -2.27. The fourth-order valence-electron chi connectivity index (χ4n) is 5.44. The van der Waals surface area contributed by atoms with Crippen molar-refractivity contribution < 1.29 is 24.1 Å². The predicted molar refractivity (Wildman–Crippen MR) is 155 cm³/mol. The highest BCUT2D eigenvalue weighted by atomic mass is 35.5. The summed E-state index contributed by atoms with van der Waals surface area (Å²) in [6.45, 7) is 4.55. The van der Waals surface area contributed by atoms with E-state index in [-0.39, 0.29) is 17.6 Å². The van der Waals surface area contributed by atoms with Crippen LogP contribution in [0.3, 0.4) is 0 Å². The zero-order valence-electron chi connectivity index (χ0n) is 23.4. The molecular formula is C31H33ClN4O5. The van der Waals surface area contributed by atoms with Crippen molar-refractivity contribution in [1.29, 1.82) is 0 Å². The Labute approximate surface area is 243 Å². The number of halogens is 1. The van der Waals surface area contributed by atoms with E-state index >= 15 is 0 Å². The molecule has 214 valence electrons. The highest BCUT2D eigenvalue weighted by Gasteiger charge is 2.41. The van der Waals surface area contributed by atoms with Gasteiger partial charge in [0.15, 0.2) is 11.2 Å². The summed E-state index contributed by atoms with van der Waals surface area (Å²) in [5, 5.41) is 9.78. The van der Waals surface area contributed by atoms with E-state index in [0.717, 1.165) is 29.7 Å². The molecule has 41 heavy (non-hydrogen) atoms. The van der Waals surface area contributed by atoms with E-state index in [0.29, 0.717) is 71.4 Å². The first-order valence-electron chi connectivity index (χ1n) is 14.0. The second kappa shape index (κ2) is 10.9. The van der Waals surface area contributed by atoms with Crippen molar-refractivity contribution in [2.24, 2.45) is 5.92 Å². The fourth-order valence-corrected chi connectivity index (χ4v) is 5.70. The number of carbonyl (C=O) groups is 1. The Bertz CT molecular complexity index is 1610. The number of hydrogen-bond acceptors (Lipinski definition) is 7. The largest absolute Gasteiger partial charge is 0.496 e. The Kier molecular flexibility index (Phi) is 7.23. The molecule has 0 saturated heterocycles. The lowest BCUT2D eigenvalue weighted by molar-refractivity contribution is -0.143. The lowest BCUT2D eigenvalue weighted by Gasteiger charge is -2.27. The quantitative estimate of drug-likeness (QED) is 0.242. The Morgan fingerprint density at radius 2 is 1.90 bits per heavy atom. The predicted octanol–water partition coefficient (Wildman–Crippen LogP) is 6.47. The normalized spacial score (nSPS) is 19.6. The van der Waals surface area contributed by atoms with E-state index in [9.17, 15) is 9.90 Å². The van der Waals surface area contributed by atoms with E-state index in [1.807, 2.05) is 41.8 Å². The average Bonchev–Trinajstić information content (AvgIpc) is 3.57. The Balaban J connectivity index is 1.42. The number of aryl methyl sites for hydroxylation is 1. The van der Waals surface area contributed by atoms with Crippen LogP contribution in [0.15, 0.2) is 42.7 Å². The van der Waals surface area contributed by atoms with Crippen LogP contribution in [-0.2, 0) is 11.3 Å². The molecular weight excluding hydrogens is 544 g/mol. The van der Waals surface area contributed by atoms with Gasteiger partial charge in [0.05, 0.1) is 30.7 Å². The summed E-state index contributed by atoms with van der Waals surface area (Å²) in [5.74, 6) is 1.31. The van der Waals surface area contributed by atoms with Gasteiger partial charge in [-0.1, -0.05) is 35.4 Å². The maximum atomic E-state index is 11.4. The summed E-state index contributed by atoms with van der Waals surface area (Å²) in [7, 11) is 1.66. The first-order chi connectivity index (χ1) is 19.7. The highest BCUT2D eigenvalue weighted by Crippen LogP contribution is 2.42. The molecule has 10 heteroatoms. The number of hydrogen-bond donors (Lipinski definition) is 1. The minimum Gasteiger partial charge on any atom is -0.496 e. The molecule has 1 N–H and O–H groups in total. The minimum absolute atomic E-state index is 0.0983. The summed E-state index contributed by atoms with van der Waals surface area (Å²) in [6, 6.07) is 11.7. The topological polar surface area (TPSA) is 109 Å². The number of rotatable bonds is 9. The molecule has 0 bridgehead atoms. The van der Waals surface area contributed by atoms with Crippen LogP contribution in [0.25, 0.3) is 22.6 Å². The molecule has 0 radical (unpaired) electrons. The van der Waals surface area contributed by atoms with Crippen LogP contribution in [-0.4, -0.2) is 49.4 Å². The zero-order valence-corrected chi connectivity index (χ0v) is 24.1. The van der Waals surface area contributed by atoms with Crippen LogP contribution in [0, 0.1) is 12.8 Å². The van der Waals surface area contributed by atoms with Crippen LogP contribution < -0.4 is 14.2 Å². The van der Waals surface area contributed by atoms with E-state index < -0.39 is 5.97 Å². The molecule has 2 heterocycles. The van der Waals surface area contributed by atoms with Gasteiger partial charge >= 0.3 is 5.97 Å². The van der Waals surface area contributed by atoms with Gasteiger partial charge in [-0.25, -0.2) is 9.97 Å². The van der Waals surface area contributed by atoms with E-state index in [2.05, 4.69) is 23.0 Å². The Hall–Kier alpha value is -3.85. The van der Waals surface area contributed by atoms with E-state index in [4.69, 9.17) is 30.8 Å². The minimum atomic E-state index is -0.741. The third-order valence-electron chi connectivity index (χ3n) is 8.08. The molecule has 0 spiro atoms. The molecule has 2 aromatic heterocycles. The van der Waals surface area contributed by atoms with Gasteiger partial charge in [-0.3, -0.25) is 4.79 Å². The van der Waals surface area contributed by atoms with Crippen LogP contribution in [0.2, 0.25) is 5.02 Å². The van der Waals surface area contributed by atoms with Crippen LogP contribution in [0.4, 0.5) is 0 Å². The fraction of sp³-hybridized carbons (Fsp3) is 0.419. The Morgan fingerprint density at radius 1 is 1.12 bits per heavy atom. The molecule has 0 unspecified atom stereocenters. The molecule has 0 atom stereocenters. The van der Waals surface area contributed by atoms with E-state index in [1.165, 1.54) is 6.33 Å². The molecule has 2 saturated carbocycles. The number of fused-ring (bicyclic) bond motifs is 1. The van der Waals surface area contributed by atoms with Gasteiger partial charge in [0.1, 0.15) is 29.3 Å². The standard InChI is InChI=1S/C31H33ClN4O5/c1-18-7-12-23(39-3)20(15-18)16-36-27(35-26-28(36)33-17-34-29(26)41-31(2)13-14-31)22-5-4-6-24(25(22)32)40-21-10-8-19(9-11-21)30(37)38/h4-7,12,15,17,19,21H,8-11,13-14,16H2,1-3H3,(H,37,38). The third-order valence-corrected chi connectivity index (χ3v) is 8.47. The number of nitrogens with zero attached hydrogens (tertiary/aromatic N) is 4. The van der Waals surface area contributed by atoms with Gasteiger partial charge in [0.2, 0.25) is 5.88 Å². The summed E-state index contributed by atoms with van der Waals surface area (Å²) >= 11 is 7.02. The molecule has 9 nitrogen and oxygen atoms in total. The summed E-state index contributed by atoms with van der Waals surface area (Å²) < 4.78 is 20.3. The lowest BCUT2D eigenvalue weighted by atomic mass is 9.87. The molecule has 2 aliphatic carbocycles. The first kappa shape index (κ1) is 27.3. The van der Waals surface area contributed by atoms with Gasteiger partial charge in [-0.05, 0) is 70.6 Å². The molecule has 4 aromatic rings. The third kappa shape index (κ3) is 5.55. The van der Waals surface area contributed by atoms with Crippen molar-refractivity contribution in [1.82, 2.24) is 19.5 Å². The van der Waals surface area contributed by atoms with Crippen LogP contribution in [0.5, 0.6) is 17.4 Å². The maximum absolute atomic E-state index is 11.4. The van der Waals surface area contributed by atoms with Crippen LogP contribution >= 0.6 is 11.6 Å². The van der Waals surface area contributed by atoms with Crippen molar-refractivity contribution >= 4 is 28.7 Å². The number of benzene rings is 2. The number of carboxylic acid groups (broad SMARTS) is 1. The summed E-state index contributed by atoms with van der Waals surface area (Å²) in [4.78, 5) is 25.5. The monoisotopic (exact) mass is 576 g/mol. The summed E-state index contributed by atoms with van der Waals surface area (Å²) in [6.07, 6.45) is 5.85. The van der Waals surface area contributed by atoms with Gasteiger partial charge in [-0.2, -0.15) is 4.98 Å². The molecule has 2 fully saturated rings. The Morgan fingerprint density at radius 3 is 2.61 bits per heavy atom. The number of aromatic nitrogens is 4. The number of carboxylic acids is 1. The van der Waals surface area contributed by atoms with Gasteiger partial charge in [-0.15, -0.1) is 0 Å². The van der Waals surface area contributed by atoms with Crippen molar-refractivity contribution in [2.75, 3.05) is 7.11 Å². The van der Waals surface area contributed by atoms with Gasteiger partial charge in [0.25, 0.3) is 0 Å². The van der Waals surface area contributed by atoms with Crippen molar-refractivity contribution in [3.63, 3.8) is 0 Å². The molecule has 0 amide bonds. The molecule has 2 aromatic carbocycles. The van der Waals surface area contributed by atoms with Gasteiger partial charge < -0.3 is 23.9 Å². The number of imidazole rings is 1. The second-order valence-corrected chi connectivity index (χ2v) is 11.7. The molecule has 2 aliphatic rings. The van der Waals surface area contributed by atoms with Crippen molar-refractivity contribution in [2.45, 2.75) is 70.6 Å². The first-order valence-corrected chi connectivity index (χ1v) is 14.3. The smallest absolute Gasteiger partial charge is 0.306 e. The van der Waals surface area contributed by atoms with Crippen LogP contribution in [0.1, 0.15) is 56.6 Å². The summed E-state index contributed by atoms with van der Waals surface area (Å²) in [5.41, 5.74) is 3.73. The number of methoxy groups -OCH3 is 1. The van der Waals surface area contributed by atoms with Gasteiger partial charge in [0, 0.05) is 11.1 Å². The highest BCUT2D eigenvalue weighted by molar-refractivity contribution is 6.34. The van der Waals surface area contributed by atoms with E-state index in [1.54, 1.807) is 7.11 Å². The molecule has 6 rings (SSSR count). The zero-order chi connectivity index (χ0) is 28.7. The number of ether oxygens (including phenoxy) is 3. The van der Waals surface area contributed by atoms with Crippen molar-refractivity contribution in [3.05, 3.63) is 58.9 Å². The molecule has 0 aliphatic heterocycles. The van der Waals surface area contributed by atoms with Crippen molar-refractivity contribution in [3.8, 4) is 28.8 Å². The second-order valence-electron chi connectivity index (χ2n) is 11.3. The SMILES string of the molecule is COc1ccc(C)cc1Cn1c(-c2cccc(OC3CCC(C(=O)O)CC3)c2Cl)nc2c(OC3(C)CC3)ncnc21. The maximum Gasteiger partial charge on any atom is 0.306 e.